The quantitative estimate of drug-likeness (QED) is 0.638. The van der Waals surface area contributed by atoms with Crippen LogP contribution >= 0.6 is 23.4 Å². The second-order valence-corrected chi connectivity index (χ2v) is 5.88. The third kappa shape index (κ3) is 5.72. The van der Waals surface area contributed by atoms with Gasteiger partial charge in [0.1, 0.15) is 5.69 Å². The maximum atomic E-state index is 12.5. The van der Waals surface area contributed by atoms with Crippen molar-refractivity contribution in [1.82, 2.24) is 9.97 Å². The number of thioether (sulfide) groups is 1. The minimum absolute atomic E-state index is 0.0182. The SMILES string of the molecule is O=C(CCSc1nccc(C(F)(F)F)n1)Nc1cccc(Cl)c1. The molecule has 1 amide bonds. The van der Waals surface area contributed by atoms with E-state index in [4.69, 9.17) is 11.6 Å². The number of hydrogen-bond donors (Lipinski definition) is 1. The lowest BCUT2D eigenvalue weighted by Crippen LogP contribution is -2.12. The van der Waals surface area contributed by atoms with E-state index in [1.54, 1.807) is 24.3 Å². The zero-order chi connectivity index (χ0) is 16.9. The topological polar surface area (TPSA) is 54.9 Å². The molecule has 1 aromatic heterocycles. The minimum atomic E-state index is -4.51. The van der Waals surface area contributed by atoms with Gasteiger partial charge in [-0.15, -0.1) is 0 Å². The summed E-state index contributed by atoms with van der Waals surface area (Å²) in [6.07, 6.45) is -3.36. The predicted molar refractivity (Wildman–Crippen MR) is 82.5 cm³/mol. The van der Waals surface area contributed by atoms with Crippen molar-refractivity contribution in [2.75, 3.05) is 11.1 Å². The number of hydrogen-bond acceptors (Lipinski definition) is 4. The van der Waals surface area contributed by atoms with Gasteiger partial charge in [-0.25, -0.2) is 9.97 Å². The first-order valence-corrected chi connectivity index (χ1v) is 7.79. The summed E-state index contributed by atoms with van der Waals surface area (Å²) in [7, 11) is 0. The lowest BCUT2D eigenvalue weighted by atomic mass is 10.3. The number of carbonyl (C=O) groups is 1. The van der Waals surface area contributed by atoms with E-state index in [0.29, 0.717) is 10.7 Å². The van der Waals surface area contributed by atoms with Crippen molar-refractivity contribution < 1.29 is 18.0 Å². The molecule has 0 aliphatic carbocycles. The number of rotatable bonds is 5. The summed E-state index contributed by atoms with van der Waals surface area (Å²) >= 11 is 6.78. The highest BCUT2D eigenvalue weighted by molar-refractivity contribution is 7.99. The molecule has 1 N–H and O–H groups in total. The Balaban J connectivity index is 1.84. The Bertz CT molecular complexity index is 697. The van der Waals surface area contributed by atoms with Gasteiger partial charge < -0.3 is 5.32 Å². The van der Waals surface area contributed by atoms with Crippen molar-refractivity contribution in [3.05, 3.63) is 47.2 Å². The van der Waals surface area contributed by atoms with E-state index < -0.39 is 11.9 Å². The first-order valence-electron chi connectivity index (χ1n) is 6.43. The van der Waals surface area contributed by atoms with Gasteiger partial charge in [-0.05, 0) is 24.3 Å². The molecule has 0 aliphatic heterocycles. The summed E-state index contributed by atoms with van der Waals surface area (Å²) < 4.78 is 37.6. The van der Waals surface area contributed by atoms with Crippen LogP contribution in [0.15, 0.2) is 41.7 Å². The molecule has 2 rings (SSSR count). The van der Waals surface area contributed by atoms with Gasteiger partial charge in [-0.3, -0.25) is 4.79 Å². The molecule has 0 radical (unpaired) electrons. The Morgan fingerprint density at radius 1 is 1.30 bits per heavy atom. The number of nitrogens with one attached hydrogen (secondary N) is 1. The van der Waals surface area contributed by atoms with E-state index >= 15 is 0 Å². The van der Waals surface area contributed by atoms with Crippen molar-refractivity contribution >= 4 is 35.0 Å². The average Bonchev–Trinajstić information content (AvgIpc) is 2.46. The van der Waals surface area contributed by atoms with E-state index in [0.717, 1.165) is 24.0 Å². The summed E-state index contributed by atoms with van der Waals surface area (Å²) in [5.41, 5.74) is -0.443. The maximum absolute atomic E-state index is 12.5. The van der Waals surface area contributed by atoms with E-state index in [2.05, 4.69) is 15.3 Å². The monoisotopic (exact) mass is 361 g/mol. The van der Waals surface area contributed by atoms with E-state index in [-0.39, 0.29) is 23.2 Å². The highest BCUT2D eigenvalue weighted by Crippen LogP contribution is 2.28. The van der Waals surface area contributed by atoms with Crippen LogP contribution in [0, 0.1) is 0 Å². The Morgan fingerprint density at radius 3 is 2.78 bits per heavy atom. The van der Waals surface area contributed by atoms with Crippen LogP contribution in [0.2, 0.25) is 5.02 Å². The Kier molecular flexibility index (Phi) is 5.84. The fourth-order valence-corrected chi connectivity index (χ4v) is 2.55. The van der Waals surface area contributed by atoms with Crippen molar-refractivity contribution in [2.45, 2.75) is 17.8 Å². The molecule has 0 atom stereocenters. The van der Waals surface area contributed by atoms with Gasteiger partial charge in [0, 0.05) is 29.1 Å². The maximum Gasteiger partial charge on any atom is 0.433 e. The summed E-state index contributed by atoms with van der Waals surface area (Å²) in [6.45, 7) is 0. The molecule has 1 heterocycles. The number of anilines is 1. The van der Waals surface area contributed by atoms with Gasteiger partial charge in [0.15, 0.2) is 5.16 Å². The van der Waals surface area contributed by atoms with Crippen molar-refractivity contribution in [2.24, 2.45) is 0 Å². The largest absolute Gasteiger partial charge is 0.433 e. The van der Waals surface area contributed by atoms with Crippen molar-refractivity contribution in [1.29, 1.82) is 0 Å². The lowest BCUT2D eigenvalue weighted by Gasteiger charge is -2.07. The summed E-state index contributed by atoms with van der Waals surface area (Å²) in [4.78, 5) is 18.9. The van der Waals surface area contributed by atoms with Crippen molar-refractivity contribution in [3.8, 4) is 0 Å². The zero-order valence-electron chi connectivity index (χ0n) is 11.6. The third-order valence-electron chi connectivity index (χ3n) is 2.59. The van der Waals surface area contributed by atoms with Gasteiger partial charge in [-0.1, -0.05) is 29.4 Å². The number of carbonyl (C=O) groups excluding carboxylic acids is 1. The molecule has 0 spiro atoms. The van der Waals surface area contributed by atoms with Crippen LogP contribution in [-0.4, -0.2) is 21.6 Å². The predicted octanol–water partition coefficient (Wildman–Crippen LogP) is 4.27. The molecule has 9 heteroatoms. The minimum Gasteiger partial charge on any atom is -0.326 e. The summed E-state index contributed by atoms with van der Waals surface area (Å²) in [6, 6.07) is 7.46. The molecule has 0 aliphatic rings. The second kappa shape index (κ2) is 7.65. The van der Waals surface area contributed by atoms with Crippen LogP contribution in [0.5, 0.6) is 0 Å². The van der Waals surface area contributed by atoms with Crippen molar-refractivity contribution in [3.63, 3.8) is 0 Å². The molecule has 0 saturated heterocycles. The molecular formula is C14H11ClF3N3OS. The standard InChI is InChI=1S/C14H11ClF3N3OS/c15-9-2-1-3-10(8-9)20-12(22)5-7-23-13-19-6-4-11(21-13)14(16,17)18/h1-4,6,8H,5,7H2,(H,20,22). The smallest absolute Gasteiger partial charge is 0.326 e. The molecule has 4 nitrogen and oxygen atoms in total. The molecule has 0 bridgehead atoms. The Hall–Kier alpha value is -1.80. The van der Waals surface area contributed by atoms with Crippen LogP contribution in [0.1, 0.15) is 12.1 Å². The van der Waals surface area contributed by atoms with Gasteiger partial charge >= 0.3 is 6.18 Å². The Morgan fingerprint density at radius 2 is 2.09 bits per heavy atom. The molecule has 122 valence electrons. The van der Waals surface area contributed by atoms with E-state index in [9.17, 15) is 18.0 Å². The summed E-state index contributed by atoms with van der Waals surface area (Å²) in [5.74, 6) is -0.0139. The molecule has 0 fully saturated rings. The number of amides is 1. The number of aromatic nitrogens is 2. The van der Waals surface area contributed by atoms with Gasteiger partial charge in [0.05, 0.1) is 0 Å². The Labute approximate surface area is 139 Å². The first kappa shape index (κ1) is 17.6. The summed E-state index contributed by atoms with van der Waals surface area (Å²) in [5, 5.41) is 3.12. The number of halogens is 4. The number of alkyl halides is 3. The van der Waals surface area contributed by atoms with Crippen LogP contribution in [-0.2, 0) is 11.0 Å². The third-order valence-corrected chi connectivity index (χ3v) is 3.69. The zero-order valence-corrected chi connectivity index (χ0v) is 13.2. The first-order chi connectivity index (χ1) is 10.8. The number of benzene rings is 1. The van der Waals surface area contributed by atoms with Crippen LogP contribution in [0.3, 0.4) is 0 Å². The van der Waals surface area contributed by atoms with Gasteiger partial charge in [0.2, 0.25) is 5.91 Å². The molecule has 0 saturated carbocycles. The van der Waals surface area contributed by atoms with Crippen LogP contribution < -0.4 is 5.32 Å². The highest BCUT2D eigenvalue weighted by atomic mass is 35.5. The molecule has 0 unspecified atom stereocenters. The number of nitrogens with zero attached hydrogens (tertiary/aromatic N) is 2. The highest BCUT2D eigenvalue weighted by Gasteiger charge is 2.32. The van der Waals surface area contributed by atoms with Gasteiger partial charge in [-0.2, -0.15) is 13.2 Å². The molecule has 1 aromatic carbocycles. The molecule has 23 heavy (non-hydrogen) atoms. The van der Waals surface area contributed by atoms with Gasteiger partial charge in [0.25, 0.3) is 0 Å². The fourth-order valence-electron chi connectivity index (χ4n) is 1.59. The fraction of sp³-hybridized carbons (Fsp3) is 0.214. The lowest BCUT2D eigenvalue weighted by molar-refractivity contribution is -0.141. The molecule has 2 aromatic rings. The van der Waals surface area contributed by atoms with E-state index in [1.165, 1.54) is 0 Å². The molecular weight excluding hydrogens is 351 g/mol. The van der Waals surface area contributed by atoms with Crippen LogP contribution in [0.25, 0.3) is 0 Å². The average molecular weight is 362 g/mol. The second-order valence-electron chi connectivity index (χ2n) is 4.38. The van der Waals surface area contributed by atoms with Crippen LogP contribution in [0.4, 0.5) is 18.9 Å². The normalized spacial score (nSPS) is 11.3. The van der Waals surface area contributed by atoms with E-state index in [1.807, 2.05) is 0 Å².